The summed E-state index contributed by atoms with van der Waals surface area (Å²) < 4.78 is 7.12. The Morgan fingerprint density at radius 1 is 1.03 bits per heavy atom. The zero-order valence-corrected chi connectivity index (χ0v) is 19.3. The summed E-state index contributed by atoms with van der Waals surface area (Å²) in [6, 6.07) is 7.30. The van der Waals surface area contributed by atoms with Gasteiger partial charge in [0.1, 0.15) is 17.4 Å². The van der Waals surface area contributed by atoms with Crippen molar-refractivity contribution < 1.29 is 9.53 Å². The van der Waals surface area contributed by atoms with Crippen LogP contribution >= 0.6 is 0 Å². The maximum atomic E-state index is 11.8. The van der Waals surface area contributed by atoms with Crippen LogP contribution in [0.2, 0.25) is 0 Å². The van der Waals surface area contributed by atoms with E-state index < -0.39 is 0 Å². The van der Waals surface area contributed by atoms with Gasteiger partial charge >= 0.3 is 5.97 Å². The second-order valence-corrected chi connectivity index (χ2v) is 8.65. The minimum atomic E-state index is -0.153. The number of aryl methyl sites for hydroxylation is 1. The summed E-state index contributed by atoms with van der Waals surface area (Å²) in [6.45, 7) is 4.16. The molecule has 1 N–H and O–H groups in total. The normalized spacial score (nSPS) is 13.2. The maximum absolute atomic E-state index is 11.8. The number of hydrogen-bond donors (Lipinski definition) is 1. The monoisotopic (exact) mass is 455 g/mol. The van der Waals surface area contributed by atoms with E-state index in [0.717, 1.165) is 41.2 Å². The first-order valence-corrected chi connectivity index (χ1v) is 11.2. The Hall–Kier alpha value is -4.14. The predicted octanol–water partition coefficient (Wildman–Crippen LogP) is 4.52. The molecule has 0 unspecified atom stereocenters. The Labute approximate surface area is 197 Å². The van der Waals surface area contributed by atoms with Crippen LogP contribution in [0.25, 0.3) is 22.5 Å². The lowest BCUT2D eigenvalue weighted by Crippen LogP contribution is -2.09. The third-order valence-corrected chi connectivity index (χ3v) is 5.64. The molecule has 1 saturated carbocycles. The van der Waals surface area contributed by atoms with Gasteiger partial charge in [0.05, 0.1) is 53.4 Å². The van der Waals surface area contributed by atoms with Gasteiger partial charge < -0.3 is 10.1 Å². The third kappa shape index (κ3) is 4.63. The molecule has 0 atom stereocenters. The van der Waals surface area contributed by atoms with Crippen molar-refractivity contribution in [3.8, 4) is 28.3 Å². The molecule has 1 fully saturated rings. The highest BCUT2D eigenvalue weighted by molar-refractivity contribution is 5.78. The second kappa shape index (κ2) is 9.01. The summed E-state index contributed by atoms with van der Waals surface area (Å²) >= 11 is 0. The fourth-order valence-corrected chi connectivity index (χ4v) is 3.44. The van der Waals surface area contributed by atoms with E-state index in [4.69, 9.17) is 4.74 Å². The van der Waals surface area contributed by atoms with Crippen molar-refractivity contribution >= 4 is 17.6 Å². The van der Waals surface area contributed by atoms with Crippen molar-refractivity contribution in [1.82, 2.24) is 29.7 Å². The lowest BCUT2D eigenvalue weighted by molar-refractivity contribution is -0.135. The lowest BCUT2D eigenvalue weighted by Gasteiger charge is -2.11. The van der Waals surface area contributed by atoms with Gasteiger partial charge in [0.25, 0.3) is 0 Å². The van der Waals surface area contributed by atoms with Crippen molar-refractivity contribution in [3.63, 3.8) is 0 Å². The summed E-state index contributed by atoms with van der Waals surface area (Å²) in [6.07, 6.45) is 10.5. The molecule has 0 amide bonds. The lowest BCUT2D eigenvalue weighted by atomic mass is 10.1. The van der Waals surface area contributed by atoms with Crippen LogP contribution in [0.5, 0.6) is 5.75 Å². The Balaban J connectivity index is 1.34. The van der Waals surface area contributed by atoms with Crippen LogP contribution < -0.4 is 10.1 Å². The van der Waals surface area contributed by atoms with E-state index in [1.807, 2.05) is 19.2 Å². The molecule has 5 rings (SSSR count). The first-order chi connectivity index (χ1) is 16.5. The van der Waals surface area contributed by atoms with E-state index in [0.29, 0.717) is 17.3 Å². The average molecular weight is 456 g/mol. The van der Waals surface area contributed by atoms with Gasteiger partial charge in [-0.05, 0) is 43.0 Å². The quantitative estimate of drug-likeness (QED) is 0.320. The highest BCUT2D eigenvalue weighted by Gasteiger charge is 2.31. The molecule has 0 radical (unpaired) electrons. The Kier molecular flexibility index (Phi) is 5.75. The predicted molar refractivity (Wildman–Crippen MR) is 127 cm³/mol. The number of benzene rings is 1. The van der Waals surface area contributed by atoms with Gasteiger partial charge in [-0.2, -0.15) is 5.10 Å². The number of rotatable bonds is 7. The molecule has 0 saturated heterocycles. The molecule has 9 heteroatoms. The van der Waals surface area contributed by atoms with E-state index in [9.17, 15) is 4.79 Å². The van der Waals surface area contributed by atoms with Gasteiger partial charge in [0.15, 0.2) is 0 Å². The van der Waals surface area contributed by atoms with Crippen LogP contribution in [0, 0.1) is 5.92 Å². The number of anilines is 2. The fraction of sp³-hybridized carbons (Fsp3) is 0.280. The Morgan fingerprint density at radius 2 is 1.76 bits per heavy atom. The number of esters is 1. The van der Waals surface area contributed by atoms with E-state index in [1.54, 1.807) is 47.8 Å². The van der Waals surface area contributed by atoms with Gasteiger partial charge in [-0.3, -0.25) is 24.4 Å². The van der Waals surface area contributed by atoms with Gasteiger partial charge in [0, 0.05) is 18.8 Å². The Bertz CT molecular complexity index is 1310. The molecule has 9 nitrogen and oxygen atoms in total. The molecular formula is C25H25N7O2. The van der Waals surface area contributed by atoms with Crippen LogP contribution in [0.3, 0.4) is 0 Å². The van der Waals surface area contributed by atoms with E-state index in [-0.39, 0.29) is 17.8 Å². The maximum Gasteiger partial charge on any atom is 0.314 e. The van der Waals surface area contributed by atoms with E-state index >= 15 is 0 Å². The van der Waals surface area contributed by atoms with Crippen LogP contribution in [0.1, 0.15) is 38.3 Å². The fourth-order valence-electron chi connectivity index (χ4n) is 3.44. The number of hydrogen-bond acceptors (Lipinski definition) is 8. The van der Waals surface area contributed by atoms with E-state index in [2.05, 4.69) is 44.2 Å². The number of nitrogens with one attached hydrogen (secondary N) is 1. The van der Waals surface area contributed by atoms with Gasteiger partial charge in [-0.25, -0.2) is 4.98 Å². The minimum Gasteiger partial charge on any atom is -0.426 e. The molecule has 4 aromatic rings. The number of nitrogens with zero attached hydrogens (tertiary/aromatic N) is 6. The second-order valence-electron chi connectivity index (χ2n) is 8.65. The topological polar surface area (TPSA) is 108 Å². The SMILES string of the molecule is CC(C)c1cncc(Nc2c(-c3cnc(-c4ccc(OC(=O)C5CC5)cc4)cn3)cnn2C)n1. The van der Waals surface area contributed by atoms with Crippen molar-refractivity contribution in [2.45, 2.75) is 32.6 Å². The van der Waals surface area contributed by atoms with E-state index in [1.165, 1.54) is 0 Å². The highest BCUT2D eigenvalue weighted by atomic mass is 16.5. The third-order valence-electron chi connectivity index (χ3n) is 5.64. The summed E-state index contributed by atoms with van der Waals surface area (Å²) in [5.74, 6) is 2.12. The Morgan fingerprint density at radius 3 is 2.44 bits per heavy atom. The van der Waals surface area contributed by atoms with Crippen molar-refractivity contribution in [3.05, 3.63) is 60.9 Å². The van der Waals surface area contributed by atoms with Gasteiger partial charge in [0.2, 0.25) is 0 Å². The molecule has 0 spiro atoms. The summed E-state index contributed by atoms with van der Waals surface area (Å²) in [5.41, 5.74) is 4.00. The van der Waals surface area contributed by atoms with Crippen molar-refractivity contribution in [2.24, 2.45) is 13.0 Å². The molecule has 1 aliphatic carbocycles. The summed E-state index contributed by atoms with van der Waals surface area (Å²) in [7, 11) is 1.85. The minimum absolute atomic E-state index is 0.0659. The molecular weight excluding hydrogens is 430 g/mol. The smallest absolute Gasteiger partial charge is 0.314 e. The van der Waals surface area contributed by atoms with Crippen LogP contribution in [0.15, 0.2) is 55.2 Å². The largest absolute Gasteiger partial charge is 0.426 e. The van der Waals surface area contributed by atoms with Crippen LogP contribution in [-0.4, -0.2) is 35.7 Å². The highest BCUT2D eigenvalue weighted by Crippen LogP contribution is 2.32. The zero-order valence-electron chi connectivity index (χ0n) is 19.3. The molecule has 1 aromatic carbocycles. The molecule has 34 heavy (non-hydrogen) atoms. The number of ether oxygens (including phenoxy) is 1. The number of aromatic nitrogens is 6. The zero-order chi connectivity index (χ0) is 23.7. The molecule has 172 valence electrons. The van der Waals surface area contributed by atoms with Gasteiger partial charge in [-0.15, -0.1) is 0 Å². The number of carbonyl (C=O) groups is 1. The molecule has 3 heterocycles. The molecule has 0 bridgehead atoms. The first kappa shape index (κ1) is 21.7. The van der Waals surface area contributed by atoms with Crippen molar-refractivity contribution in [1.29, 1.82) is 0 Å². The molecule has 0 aliphatic heterocycles. The number of carbonyl (C=O) groups excluding carboxylic acids is 1. The van der Waals surface area contributed by atoms with Gasteiger partial charge in [-0.1, -0.05) is 13.8 Å². The van der Waals surface area contributed by atoms with Crippen molar-refractivity contribution in [2.75, 3.05) is 5.32 Å². The average Bonchev–Trinajstić information content (AvgIpc) is 3.65. The van der Waals surface area contributed by atoms with Crippen LogP contribution in [0.4, 0.5) is 11.6 Å². The summed E-state index contributed by atoms with van der Waals surface area (Å²) in [4.78, 5) is 29.9. The summed E-state index contributed by atoms with van der Waals surface area (Å²) in [5, 5.41) is 7.69. The standard InChI is InChI=1S/C25H25N7O2/c1-15(2)20-11-26-14-23(30-20)31-24-19(10-29-32(24)3)22-13-27-21(12-28-22)16-6-8-18(9-7-16)34-25(33)17-4-5-17/h6-15,17H,4-5H2,1-3H3,(H,30,31). The molecule has 3 aromatic heterocycles. The first-order valence-electron chi connectivity index (χ1n) is 11.2. The molecule has 1 aliphatic rings. The van der Waals surface area contributed by atoms with Crippen LogP contribution in [-0.2, 0) is 11.8 Å².